The molecule has 0 saturated heterocycles. The zero-order chi connectivity index (χ0) is 37.6. The number of nitrogens with zero attached hydrogens (tertiary/aromatic N) is 3. The second-order valence-electron chi connectivity index (χ2n) is 14.9. The first-order valence-corrected chi connectivity index (χ1v) is 20.2. The Hall–Kier alpha value is -3.88. The minimum atomic E-state index is -3.59. The van der Waals surface area contributed by atoms with Gasteiger partial charge < -0.3 is 14.8 Å². The van der Waals surface area contributed by atoms with Gasteiger partial charge in [-0.25, -0.2) is 26.9 Å². The zero-order valence-electron chi connectivity index (χ0n) is 29.8. The maximum absolute atomic E-state index is 16.0. The van der Waals surface area contributed by atoms with Crippen LogP contribution in [0.3, 0.4) is 0 Å². The molecule has 52 heavy (non-hydrogen) atoms. The predicted octanol–water partition coefficient (Wildman–Crippen LogP) is 8.39. The lowest BCUT2D eigenvalue weighted by atomic mass is 9.75. The number of aliphatic carboxylic acids is 1. The summed E-state index contributed by atoms with van der Waals surface area (Å²) >= 11 is 5.29. The summed E-state index contributed by atoms with van der Waals surface area (Å²) in [5.74, 6) is -2.09. The van der Waals surface area contributed by atoms with Crippen LogP contribution in [-0.2, 0) is 39.9 Å². The quantitative estimate of drug-likeness (QED) is 0.131. The standard InChI is InChI=1S/C38H43F2N5O4S3/c1-22(35(46)47)16-23-8-6-9-24(17-23)38(4)13-7-12-37(2,3)21-52(48,49)15-11-26-25-10-14-41-30(25)20-29(40)33(26)51-32-18-27(28(39)19-31(32)44-50)34-42-36(38)43-45(34)5/h6,8-10,14,17-20,22,41,44,50H,7,11-13,15-16,21H2,1-5H3,(H,46,47)/t22-,38-/m1/s1. The van der Waals surface area contributed by atoms with Crippen molar-refractivity contribution in [3.8, 4) is 11.4 Å². The van der Waals surface area contributed by atoms with Gasteiger partial charge in [0.15, 0.2) is 21.5 Å². The van der Waals surface area contributed by atoms with E-state index in [9.17, 15) is 18.3 Å². The molecule has 6 rings (SSSR count). The number of hydrogen-bond acceptors (Lipinski definition) is 8. The smallest absolute Gasteiger partial charge is 0.306 e. The summed E-state index contributed by atoms with van der Waals surface area (Å²) in [5.41, 5.74) is 1.90. The highest BCUT2D eigenvalue weighted by Crippen LogP contribution is 2.44. The van der Waals surface area contributed by atoms with Crippen LogP contribution in [0.1, 0.15) is 69.5 Å². The van der Waals surface area contributed by atoms with Gasteiger partial charge in [0, 0.05) is 29.0 Å². The Balaban J connectivity index is 1.54. The normalized spacial score (nSPS) is 19.7. The Labute approximate surface area is 312 Å². The molecule has 276 valence electrons. The number of carbonyl (C=O) groups is 1. The average molecular weight is 768 g/mol. The molecule has 0 saturated carbocycles. The van der Waals surface area contributed by atoms with E-state index in [-0.39, 0.29) is 34.2 Å². The maximum atomic E-state index is 16.0. The summed E-state index contributed by atoms with van der Waals surface area (Å²) in [6, 6.07) is 13.8. The molecule has 0 fully saturated rings. The number of aromatic nitrogens is 4. The lowest BCUT2D eigenvalue weighted by molar-refractivity contribution is -0.141. The molecule has 0 spiro atoms. The molecule has 0 radical (unpaired) electrons. The third-order valence-corrected chi connectivity index (χ3v) is 13.6. The van der Waals surface area contributed by atoms with Crippen molar-refractivity contribution in [2.24, 2.45) is 18.4 Å². The number of carboxylic acids is 1. The summed E-state index contributed by atoms with van der Waals surface area (Å²) in [6.45, 7) is 7.57. The van der Waals surface area contributed by atoms with Crippen LogP contribution in [0.25, 0.3) is 22.3 Å². The van der Waals surface area contributed by atoms with Crippen LogP contribution in [0.5, 0.6) is 0 Å². The molecule has 0 aliphatic carbocycles. The molecule has 4 bridgehead atoms. The lowest BCUT2D eigenvalue weighted by Crippen LogP contribution is -2.29. The summed E-state index contributed by atoms with van der Waals surface area (Å²) in [4.78, 5) is 20.4. The summed E-state index contributed by atoms with van der Waals surface area (Å²) in [5, 5.41) is 15.1. The van der Waals surface area contributed by atoms with E-state index in [0.717, 1.165) is 22.9 Å². The van der Waals surface area contributed by atoms with Crippen LogP contribution in [-0.4, -0.2) is 50.7 Å². The van der Waals surface area contributed by atoms with Gasteiger partial charge in [0.2, 0.25) is 0 Å². The van der Waals surface area contributed by atoms with Crippen molar-refractivity contribution in [1.82, 2.24) is 19.7 Å². The highest BCUT2D eigenvalue weighted by Gasteiger charge is 2.36. The zero-order valence-corrected chi connectivity index (χ0v) is 32.3. The van der Waals surface area contributed by atoms with Gasteiger partial charge in [-0.05, 0) is 79.0 Å². The van der Waals surface area contributed by atoms with Gasteiger partial charge in [-0.3, -0.25) is 4.79 Å². The molecule has 2 atom stereocenters. The van der Waals surface area contributed by atoms with Crippen LogP contribution in [0, 0.1) is 23.0 Å². The Morgan fingerprint density at radius 1 is 1.13 bits per heavy atom. The minimum absolute atomic E-state index is 0.0472. The van der Waals surface area contributed by atoms with Gasteiger partial charge in [-0.2, -0.15) is 5.10 Å². The Bertz CT molecular complexity index is 2270. The Morgan fingerprint density at radius 2 is 1.90 bits per heavy atom. The van der Waals surface area contributed by atoms with Crippen LogP contribution in [0.2, 0.25) is 0 Å². The second kappa shape index (κ2) is 14.5. The fourth-order valence-electron chi connectivity index (χ4n) is 7.23. The highest BCUT2D eigenvalue weighted by molar-refractivity contribution is 7.99. The number of benzene rings is 3. The molecule has 3 aromatic carbocycles. The van der Waals surface area contributed by atoms with Crippen molar-refractivity contribution in [3.05, 3.63) is 88.9 Å². The number of aromatic amines is 1. The molecule has 1 aliphatic rings. The van der Waals surface area contributed by atoms with E-state index >= 15 is 8.78 Å². The van der Waals surface area contributed by atoms with Crippen LogP contribution < -0.4 is 4.72 Å². The number of hydrogen-bond donors (Lipinski definition) is 4. The summed E-state index contributed by atoms with van der Waals surface area (Å²) in [6.07, 6.45) is 3.87. The van der Waals surface area contributed by atoms with Crippen molar-refractivity contribution in [2.45, 2.75) is 75.0 Å². The van der Waals surface area contributed by atoms with Gasteiger partial charge in [0.1, 0.15) is 11.6 Å². The number of nitrogens with one attached hydrogen (secondary N) is 2. The van der Waals surface area contributed by atoms with Crippen LogP contribution >= 0.6 is 24.6 Å². The molecule has 5 aromatic rings. The molecule has 3 N–H and O–H groups in total. The lowest BCUT2D eigenvalue weighted by Gasteiger charge is -2.31. The molecule has 0 amide bonds. The summed E-state index contributed by atoms with van der Waals surface area (Å²) < 4.78 is 63.7. The number of halogens is 2. The summed E-state index contributed by atoms with van der Waals surface area (Å²) in [7, 11) is -1.89. The second-order valence-corrected chi connectivity index (χ2v) is 18.3. The molecule has 9 nitrogen and oxygen atoms in total. The van der Waals surface area contributed by atoms with E-state index in [1.807, 2.05) is 51.1 Å². The third-order valence-electron chi connectivity index (χ3n) is 10.1. The van der Waals surface area contributed by atoms with Crippen molar-refractivity contribution >= 4 is 57.0 Å². The van der Waals surface area contributed by atoms with Crippen LogP contribution in [0.15, 0.2) is 64.5 Å². The molecule has 14 heteroatoms. The molecular weight excluding hydrogens is 725 g/mol. The number of H-pyrrole nitrogens is 1. The Kier molecular flexibility index (Phi) is 10.6. The number of thiol groups is 1. The largest absolute Gasteiger partial charge is 0.481 e. The predicted molar refractivity (Wildman–Crippen MR) is 205 cm³/mol. The van der Waals surface area contributed by atoms with E-state index in [1.54, 1.807) is 26.2 Å². The van der Waals surface area contributed by atoms with Gasteiger partial charge in [-0.1, -0.05) is 76.0 Å². The molecular formula is C38H43F2N5O4S3. The minimum Gasteiger partial charge on any atom is -0.481 e. The molecule has 0 unspecified atom stereocenters. The van der Waals surface area contributed by atoms with Crippen LogP contribution in [0.4, 0.5) is 14.5 Å². The maximum Gasteiger partial charge on any atom is 0.306 e. The number of aryl methyl sites for hydroxylation is 2. The molecule has 2 aromatic heterocycles. The number of rotatable bonds is 5. The number of sulfone groups is 1. The first-order valence-electron chi connectivity index (χ1n) is 17.1. The highest BCUT2D eigenvalue weighted by atomic mass is 32.2. The molecule has 1 aliphatic heterocycles. The first-order chi connectivity index (χ1) is 24.5. The van der Waals surface area contributed by atoms with Gasteiger partial charge in [0.05, 0.1) is 39.0 Å². The van der Waals surface area contributed by atoms with E-state index < -0.39 is 44.2 Å². The van der Waals surface area contributed by atoms with Crippen molar-refractivity contribution in [3.63, 3.8) is 0 Å². The van der Waals surface area contributed by atoms with Gasteiger partial charge >= 0.3 is 5.97 Å². The average Bonchev–Trinajstić information content (AvgIpc) is 3.70. The van der Waals surface area contributed by atoms with Gasteiger partial charge in [0.25, 0.3) is 0 Å². The van der Waals surface area contributed by atoms with E-state index in [4.69, 9.17) is 10.1 Å². The number of anilines is 1. The third kappa shape index (κ3) is 7.74. The van der Waals surface area contributed by atoms with E-state index in [1.165, 1.54) is 16.8 Å². The van der Waals surface area contributed by atoms with Crippen molar-refractivity contribution in [2.75, 3.05) is 16.2 Å². The fourth-order valence-corrected chi connectivity index (χ4v) is 10.6. The van der Waals surface area contributed by atoms with Crippen molar-refractivity contribution in [1.29, 1.82) is 0 Å². The topological polar surface area (TPSA) is 130 Å². The first kappa shape index (κ1) is 37.9. The Morgan fingerprint density at radius 3 is 2.63 bits per heavy atom. The van der Waals surface area contributed by atoms with E-state index in [0.29, 0.717) is 58.6 Å². The number of carboxylic acid groups (broad SMARTS) is 1. The van der Waals surface area contributed by atoms with Gasteiger partial charge in [-0.15, -0.1) is 0 Å². The van der Waals surface area contributed by atoms with Crippen molar-refractivity contribution < 1.29 is 27.1 Å². The SMILES string of the molecule is C[C@H](Cc1cccc([C@@]2(C)CCCC(C)(C)CS(=O)(=O)CCc3c(c(F)cc4[nH]ccc34)Sc3cc(c(F)cc3NS)-c3nc2nn3C)c1)C(=O)O. The number of fused-ring (bicyclic) bond motifs is 8. The molecule has 3 heterocycles. The monoisotopic (exact) mass is 767 g/mol. The fraction of sp³-hybridized carbons (Fsp3) is 0.395. The van der Waals surface area contributed by atoms with E-state index in [2.05, 4.69) is 22.5 Å².